The number of carbonyl (C=O) groups is 1. The molecule has 2 aromatic carbocycles. The summed E-state index contributed by atoms with van der Waals surface area (Å²) in [7, 11) is 1.77. The maximum absolute atomic E-state index is 12.5. The van der Waals surface area contributed by atoms with E-state index in [0.29, 0.717) is 5.75 Å². The number of thiazole rings is 1. The van der Waals surface area contributed by atoms with Crippen LogP contribution in [0.15, 0.2) is 54.9 Å². The SMILES string of the molecule is C[C@@H](c1nc2ccccc2s1)N(C)C(=O)COc1ccc(-n2cnnn2)cc1. The Hall–Kier alpha value is -3.33. The number of hydrogen-bond donors (Lipinski definition) is 0. The summed E-state index contributed by atoms with van der Waals surface area (Å²) in [5, 5.41) is 11.9. The Morgan fingerprint density at radius 3 is 2.71 bits per heavy atom. The van der Waals surface area contributed by atoms with Gasteiger partial charge in [0.1, 0.15) is 17.1 Å². The number of likely N-dealkylation sites (N-methyl/N-ethyl adjacent to an activating group) is 1. The van der Waals surface area contributed by atoms with Crippen molar-refractivity contribution in [1.29, 1.82) is 0 Å². The van der Waals surface area contributed by atoms with E-state index in [9.17, 15) is 4.79 Å². The molecule has 4 aromatic rings. The third kappa shape index (κ3) is 3.70. The zero-order chi connectivity index (χ0) is 19.5. The van der Waals surface area contributed by atoms with Crippen LogP contribution in [0.5, 0.6) is 5.75 Å². The maximum atomic E-state index is 12.5. The fraction of sp³-hybridized carbons (Fsp3) is 0.211. The fourth-order valence-corrected chi connectivity index (χ4v) is 3.73. The van der Waals surface area contributed by atoms with Crippen molar-refractivity contribution in [3.63, 3.8) is 0 Å². The lowest BCUT2D eigenvalue weighted by molar-refractivity contribution is -0.134. The largest absolute Gasteiger partial charge is 0.484 e. The molecule has 0 aliphatic rings. The van der Waals surface area contributed by atoms with Gasteiger partial charge in [0.2, 0.25) is 0 Å². The summed E-state index contributed by atoms with van der Waals surface area (Å²) in [4.78, 5) is 18.8. The molecule has 0 saturated carbocycles. The quantitative estimate of drug-likeness (QED) is 0.500. The first-order valence-electron chi connectivity index (χ1n) is 8.69. The van der Waals surface area contributed by atoms with Gasteiger partial charge in [0.25, 0.3) is 5.91 Å². The standard InChI is InChI=1S/C19H18N6O2S/c1-13(19-21-16-5-3-4-6-17(16)28-19)24(2)18(26)11-27-15-9-7-14(8-10-15)25-12-20-22-23-25/h3-10,12-13H,11H2,1-2H3/t13-/m0/s1. The molecule has 0 N–H and O–H groups in total. The van der Waals surface area contributed by atoms with Crippen molar-refractivity contribution < 1.29 is 9.53 Å². The zero-order valence-electron chi connectivity index (χ0n) is 15.4. The van der Waals surface area contributed by atoms with Crippen LogP contribution in [0.1, 0.15) is 18.0 Å². The van der Waals surface area contributed by atoms with Gasteiger partial charge in [-0.1, -0.05) is 12.1 Å². The van der Waals surface area contributed by atoms with E-state index in [1.54, 1.807) is 40.1 Å². The highest BCUT2D eigenvalue weighted by Crippen LogP contribution is 2.28. The highest BCUT2D eigenvalue weighted by atomic mass is 32.1. The number of nitrogens with zero attached hydrogens (tertiary/aromatic N) is 6. The van der Waals surface area contributed by atoms with Crippen LogP contribution in [0, 0.1) is 0 Å². The molecule has 142 valence electrons. The second-order valence-electron chi connectivity index (χ2n) is 6.24. The van der Waals surface area contributed by atoms with Crippen LogP contribution >= 0.6 is 11.3 Å². The molecular weight excluding hydrogens is 376 g/mol. The van der Waals surface area contributed by atoms with E-state index in [1.807, 2.05) is 43.3 Å². The van der Waals surface area contributed by atoms with Crippen LogP contribution in [0.2, 0.25) is 0 Å². The summed E-state index contributed by atoms with van der Waals surface area (Å²) in [5.74, 6) is 0.488. The highest BCUT2D eigenvalue weighted by molar-refractivity contribution is 7.18. The number of hydrogen-bond acceptors (Lipinski definition) is 7. The maximum Gasteiger partial charge on any atom is 0.260 e. The van der Waals surface area contributed by atoms with Crippen molar-refractivity contribution in [1.82, 2.24) is 30.1 Å². The van der Waals surface area contributed by atoms with Gasteiger partial charge in [-0.05, 0) is 53.7 Å². The van der Waals surface area contributed by atoms with Crippen LogP contribution in [-0.4, -0.2) is 49.7 Å². The lowest BCUT2D eigenvalue weighted by atomic mass is 10.3. The van der Waals surface area contributed by atoms with Gasteiger partial charge in [-0.3, -0.25) is 4.79 Å². The van der Waals surface area contributed by atoms with E-state index >= 15 is 0 Å². The molecule has 1 amide bonds. The van der Waals surface area contributed by atoms with E-state index in [4.69, 9.17) is 4.74 Å². The van der Waals surface area contributed by atoms with Gasteiger partial charge in [-0.2, -0.15) is 0 Å². The number of fused-ring (bicyclic) bond motifs is 1. The van der Waals surface area contributed by atoms with Gasteiger partial charge >= 0.3 is 0 Å². The predicted molar refractivity (Wildman–Crippen MR) is 105 cm³/mol. The van der Waals surface area contributed by atoms with E-state index in [2.05, 4.69) is 20.5 Å². The van der Waals surface area contributed by atoms with E-state index in [-0.39, 0.29) is 18.6 Å². The number of rotatable bonds is 6. The third-order valence-electron chi connectivity index (χ3n) is 4.45. The van der Waals surface area contributed by atoms with Crippen molar-refractivity contribution in [2.24, 2.45) is 0 Å². The summed E-state index contributed by atoms with van der Waals surface area (Å²) < 4.78 is 8.30. The Morgan fingerprint density at radius 2 is 2.00 bits per heavy atom. The smallest absolute Gasteiger partial charge is 0.260 e. The molecule has 2 heterocycles. The second-order valence-corrected chi connectivity index (χ2v) is 7.30. The fourth-order valence-electron chi connectivity index (χ4n) is 2.67. The first-order chi connectivity index (χ1) is 13.6. The Bertz CT molecular complexity index is 1040. The van der Waals surface area contributed by atoms with E-state index in [0.717, 1.165) is 20.9 Å². The lowest BCUT2D eigenvalue weighted by Crippen LogP contribution is -2.33. The highest BCUT2D eigenvalue weighted by Gasteiger charge is 2.21. The molecule has 9 heteroatoms. The van der Waals surface area contributed by atoms with Crippen LogP contribution < -0.4 is 4.74 Å². The normalized spacial score (nSPS) is 12.1. The summed E-state index contributed by atoms with van der Waals surface area (Å²) in [5.41, 5.74) is 1.76. The molecule has 2 aromatic heterocycles. The molecule has 0 saturated heterocycles. The van der Waals surface area contributed by atoms with E-state index < -0.39 is 0 Å². The molecule has 0 spiro atoms. The number of para-hydroxylation sites is 1. The Kier molecular flexibility index (Phi) is 4.98. The Balaban J connectivity index is 1.37. The molecule has 28 heavy (non-hydrogen) atoms. The van der Waals surface area contributed by atoms with Crippen molar-refractivity contribution >= 4 is 27.5 Å². The molecule has 8 nitrogen and oxygen atoms in total. The summed E-state index contributed by atoms with van der Waals surface area (Å²) in [6.45, 7) is 1.92. The predicted octanol–water partition coefficient (Wildman–Crippen LogP) is 2.87. The minimum absolute atomic E-state index is 0.0457. The van der Waals surface area contributed by atoms with Gasteiger partial charge in [0.05, 0.1) is 21.9 Å². The number of amides is 1. The number of carbonyl (C=O) groups excluding carboxylic acids is 1. The monoisotopic (exact) mass is 394 g/mol. The molecule has 0 aliphatic heterocycles. The van der Waals surface area contributed by atoms with Gasteiger partial charge in [0, 0.05) is 7.05 Å². The number of aromatic nitrogens is 5. The third-order valence-corrected chi connectivity index (χ3v) is 5.66. The molecule has 4 rings (SSSR count). The van der Waals surface area contributed by atoms with Gasteiger partial charge < -0.3 is 9.64 Å². The first kappa shape index (κ1) is 18.1. The number of ether oxygens (including phenoxy) is 1. The molecule has 0 fully saturated rings. The van der Waals surface area contributed by atoms with Crippen molar-refractivity contribution in [2.75, 3.05) is 13.7 Å². The molecule has 1 atom stereocenters. The van der Waals surface area contributed by atoms with Crippen LogP contribution in [0.3, 0.4) is 0 Å². The van der Waals surface area contributed by atoms with Crippen molar-refractivity contribution in [3.8, 4) is 11.4 Å². The van der Waals surface area contributed by atoms with Crippen LogP contribution in [0.25, 0.3) is 15.9 Å². The lowest BCUT2D eigenvalue weighted by Gasteiger charge is -2.23. The van der Waals surface area contributed by atoms with Gasteiger partial charge in [0.15, 0.2) is 6.61 Å². The average Bonchev–Trinajstić information content (AvgIpc) is 3.41. The van der Waals surface area contributed by atoms with Crippen LogP contribution in [0.4, 0.5) is 0 Å². The minimum atomic E-state index is -0.129. The Labute approximate surface area is 165 Å². The first-order valence-corrected chi connectivity index (χ1v) is 9.51. The van der Waals surface area contributed by atoms with E-state index in [1.165, 1.54) is 6.33 Å². The summed E-state index contributed by atoms with van der Waals surface area (Å²) in [6.07, 6.45) is 1.51. The summed E-state index contributed by atoms with van der Waals surface area (Å²) >= 11 is 1.60. The van der Waals surface area contributed by atoms with Crippen LogP contribution in [-0.2, 0) is 4.79 Å². The molecular formula is C19H18N6O2S. The molecule has 0 radical (unpaired) electrons. The Morgan fingerprint density at radius 1 is 1.21 bits per heavy atom. The number of tetrazole rings is 1. The average molecular weight is 394 g/mol. The molecule has 0 bridgehead atoms. The van der Waals surface area contributed by atoms with Crippen molar-refractivity contribution in [2.45, 2.75) is 13.0 Å². The summed E-state index contributed by atoms with van der Waals surface area (Å²) in [6, 6.07) is 15.0. The van der Waals surface area contributed by atoms with Gasteiger partial charge in [-0.25, -0.2) is 9.67 Å². The zero-order valence-corrected chi connectivity index (χ0v) is 16.2. The molecule has 0 aliphatic carbocycles. The molecule has 0 unspecified atom stereocenters. The van der Waals surface area contributed by atoms with Gasteiger partial charge in [-0.15, -0.1) is 16.4 Å². The topological polar surface area (TPSA) is 86.0 Å². The van der Waals surface area contributed by atoms with Crippen molar-refractivity contribution in [3.05, 3.63) is 59.9 Å². The minimum Gasteiger partial charge on any atom is -0.484 e. The second kappa shape index (κ2) is 7.73. The number of benzene rings is 2.